The summed E-state index contributed by atoms with van der Waals surface area (Å²) in [6.07, 6.45) is -4.71. The van der Waals surface area contributed by atoms with Crippen molar-refractivity contribution in [2.75, 3.05) is 0 Å². The molecule has 0 radical (unpaired) electrons. The second-order valence-corrected chi connectivity index (χ2v) is 8.05. The number of rotatable bonds is 3. The number of aryl methyl sites for hydroxylation is 1. The van der Waals surface area contributed by atoms with Crippen LogP contribution in [0.1, 0.15) is 30.0 Å². The number of hydrogen-bond acceptors (Lipinski definition) is 2. The van der Waals surface area contributed by atoms with Crippen LogP contribution in [0.2, 0.25) is 0 Å². The highest BCUT2D eigenvalue weighted by Crippen LogP contribution is 2.45. The molecule has 3 rings (SSSR count). The maximum Gasteiger partial charge on any atom is 0.405 e. The number of benzene rings is 2. The van der Waals surface area contributed by atoms with Gasteiger partial charge in [-0.1, -0.05) is 48.0 Å². The van der Waals surface area contributed by atoms with E-state index in [1.165, 1.54) is 12.1 Å². The molecule has 2 aromatic carbocycles. The van der Waals surface area contributed by atoms with Crippen LogP contribution in [0.3, 0.4) is 0 Å². The van der Waals surface area contributed by atoms with Gasteiger partial charge in [0.25, 0.3) is 0 Å². The average molecular weight is 369 g/mol. The summed E-state index contributed by atoms with van der Waals surface area (Å²) >= 11 is 0. The Morgan fingerprint density at radius 3 is 2.12 bits per heavy atom. The molecule has 1 fully saturated rings. The van der Waals surface area contributed by atoms with Crippen LogP contribution in [0.25, 0.3) is 0 Å². The Balaban J connectivity index is 2.09. The number of sulfonamides is 1. The summed E-state index contributed by atoms with van der Waals surface area (Å²) in [5, 5.41) is 0. The van der Waals surface area contributed by atoms with Crippen molar-refractivity contribution in [1.29, 1.82) is 0 Å². The second kappa shape index (κ2) is 6.46. The van der Waals surface area contributed by atoms with Gasteiger partial charge in [0.2, 0.25) is 10.0 Å². The first-order chi connectivity index (χ1) is 11.7. The van der Waals surface area contributed by atoms with Crippen LogP contribution in [-0.4, -0.2) is 24.9 Å². The molecule has 0 spiro atoms. The van der Waals surface area contributed by atoms with Crippen LogP contribution in [0.4, 0.5) is 13.2 Å². The molecule has 1 aliphatic heterocycles. The van der Waals surface area contributed by atoms with E-state index in [1.54, 1.807) is 49.4 Å². The molecule has 1 aliphatic rings. The summed E-state index contributed by atoms with van der Waals surface area (Å²) < 4.78 is 67.2. The van der Waals surface area contributed by atoms with Gasteiger partial charge in [-0.15, -0.1) is 0 Å². The second-order valence-electron chi connectivity index (χ2n) is 6.21. The molecule has 3 nitrogen and oxygen atoms in total. The third kappa shape index (κ3) is 3.43. The Hall–Kier alpha value is -1.86. The molecule has 0 unspecified atom stereocenters. The molecule has 0 bridgehead atoms. The summed E-state index contributed by atoms with van der Waals surface area (Å²) in [6.45, 7) is 1.79. The molecule has 2 atom stereocenters. The molecule has 25 heavy (non-hydrogen) atoms. The number of alkyl halides is 3. The first kappa shape index (κ1) is 17.9. The third-order valence-corrected chi connectivity index (χ3v) is 6.42. The Morgan fingerprint density at radius 1 is 0.960 bits per heavy atom. The molecule has 7 heteroatoms. The van der Waals surface area contributed by atoms with Gasteiger partial charge in [-0.3, -0.25) is 0 Å². The maximum atomic E-state index is 13.5. The summed E-state index contributed by atoms with van der Waals surface area (Å²) in [6, 6.07) is 11.5. The van der Waals surface area contributed by atoms with Crippen molar-refractivity contribution in [3.8, 4) is 0 Å². The molecule has 0 aliphatic carbocycles. The van der Waals surface area contributed by atoms with E-state index in [2.05, 4.69) is 0 Å². The Kier molecular flexibility index (Phi) is 4.64. The van der Waals surface area contributed by atoms with E-state index in [0.717, 1.165) is 5.56 Å². The van der Waals surface area contributed by atoms with Gasteiger partial charge in [-0.2, -0.15) is 17.5 Å². The quantitative estimate of drug-likeness (QED) is 0.801. The van der Waals surface area contributed by atoms with Gasteiger partial charge in [0.05, 0.1) is 10.9 Å². The lowest BCUT2D eigenvalue weighted by molar-refractivity contribution is -0.167. The minimum atomic E-state index is -4.61. The van der Waals surface area contributed by atoms with Crippen LogP contribution in [0.5, 0.6) is 0 Å². The fourth-order valence-corrected chi connectivity index (χ4v) is 5.10. The maximum absolute atomic E-state index is 13.5. The lowest BCUT2D eigenvalue weighted by Gasteiger charge is -2.30. The fraction of sp³-hybridized carbons (Fsp3) is 0.333. The van der Waals surface area contributed by atoms with Crippen LogP contribution in [0.15, 0.2) is 59.5 Å². The molecule has 134 valence electrons. The van der Waals surface area contributed by atoms with E-state index in [1.807, 2.05) is 0 Å². The fourth-order valence-electron chi connectivity index (χ4n) is 3.25. The number of hydrogen-bond donors (Lipinski definition) is 0. The zero-order valence-electron chi connectivity index (χ0n) is 13.6. The van der Waals surface area contributed by atoms with Gasteiger partial charge >= 0.3 is 6.18 Å². The summed E-state index contributed by atoms with van der Waals surface area (Å²) in [5.41, 5.74) is 1.41. The van der Waals surface area contributed by atoms with Crippen LogP contribution >= 0.6 is 0 Å². The topological polar surface area (TPSA) is 37.4 Å². The molecule has 0 aromatic heterocycles. The zero-order valence-corrected chi connectivity index (χ0v) is 14.4. The van der Waals surface area contributed by atoms with Crippen molar-refractivity contribution in [2.24, 2.45) is 0 Å². The van der Waals surface area contributed by atoms with Gasteiger partial charge < -0.3 is 0 Å². The van der Waals surface area contributed by atoms with E-state index in [9.17, 15) is 21.6 Å². The van der Waals surface area contributed by atoms with Crippen molar-refractivity contribution in [2.45, 2.75) is 42.9 Å². The summed E-state index contributed by atoms with van der Waals surface area (Å²) in [7, 11) is -4.27. The van der Waals surface area contributed by atoms with Gasteiger partial charge in [0.1, 0.15) is 6.04 Å². The highest BCUT2D eigenvalue weighted by Gasteiger charge is 2.54. The lowest BCUT2D eigenvalue weighted by atomic mass is 10.1. The van der Waals surface area contributed by atoms with Crippen molar-refractivity contribution in [1.82, 2.24) is 4.31 Å². The molecule has 0 saturated carbocycles. The van der Waals surface area contributed by atoms with E-state index in [4.69, 9.17) is 0 Å². The lowest BCUT2D eigenvalue weighted by Crippen LogP contribution is -2.45. The number of nitrogens with zero attached hydrogens (tertiary/aromatic N) is 1. The van der Waals surface area contributed by atoms with Crippen LogP contribution < -0.4 is 0 Å². The first-order valence-corrected chi connectivity index (χ1v) is 9.37. The number of halogens is 3. The van der Waals surface area contributed by atoms with Crippen molar-refractivity contribution in [3.05, 3.63) is 65.7 Å². The predicted octanol–water partition coefficient (Wildman–Crippen LogP) is 4.45. The molecule has 1 heterocycles. The van der Waals surface area contributed by atoms with Crippen molar-refractivity contribution < 1.29 is 21.6 Å². The Labute approximate surface area is 145 Å². The van der Waals surface area contributed by atoms with Crippen molar-refractivity contribution in [3.63, 3.8) is 0 Å². The molecule has 0 N–H and O–H groups in total. The first-order valence-electron chi connectivity index (χ1n) is 7.93. The standard InChI is InChI=1S/C18H18F3NO2S/c1-13-7-9-15(10-8-13)25(23,24)22-16(14-5-3-2-4-6-14)11-12-17(22)18(19,20)21/h2-10,16-17H,11-12H2,1H3/t16-,17-/m1/s1. The van der Waals surface area contributed by atoms with Crippen LogP contribution in [-0.2, 0) is 10.0 Å². The average Bonchev–Trinajstić information content (AvgIpc) is 3.02. The van der Waals surface area contributed by atoms with Gasteiger partial charge in [-0.05, 0) is 37.5 Å². The van der Waals surface area contributed by atoms with E-state index >= 15 is 0 Å². The van der Waals surface area contributed by atoms with E-state index < -0.39 is 28.3 Å². The highest BCUT2D eigenvalue weighted by molar-refractivity contribution is 7.89. The minimum absolute atomic E-state index is 0.116. The minimum Gasteiger partial charge on any atom is -0.207 e. The smallest absolute Gasteiger partial charge is 0.207 e. The Morgan fingerprint density at radius 2 is 1.56 bits per heavy atom. The monoisotopic (exact) mass is 369 g/mol. The van der Waals surface area contributed by atoms with E-state index in [-0.39, 0.29) is 17.7 Å². The molecule has 0 amide bonds. The molecule has 1 saturated heterocycles. The van der Waals surface area contributed by atoms with E-state index in [0.29, 0.717) is 9.87 Å². The molecular weight excluding hydrogens is 351 g/mol. The summed E-state index contributed by atoms with van der Waals surface area (Å²) in [4.78, 5) is -0.116. The van der Waals surface area contributed by atoms with Crippen molar-refractivity contribution >= 4 is 10.0 Å². The highest BCUT2D eigenvalue weighted by atomic mass is 32.2. The predicted molar refractivity (Wildman–Crippen MR) is 88.5 cm³/mol. The van der Waals surface area contributed by atoms with Gasteiger partial charge in [-0.25, -0.2) is 8.42 Å². The zero-order chi connectivity index (χ0) is 18.2. The molecular formula is C18H18F3NO2S. The van der Waals surface area contributed by atoms with Gasteiger partial charge in [0.15, 0.2) is 0 Å². The third-order valence-electron chi connectivity index (χ3n) is 4.49. The van der Waals surface area contributed by atoms with Crippen LogP contribution in [0, 0.1) is 6.92 Å². The largest absolute Gasteiger partial charge is 0.405 e. The summed E-state index contributed by atoms with van der Waals surface area (Å²) in [5.74, 6) is 0. The van der Waals surface area contributed by atoms with Gasteiger partial charge in [0, 0.05) is 0 Å². The normalized spacial score (nSPS) is 22.2. The SMILES string of the molecule is Cc1ccc(S(=O)(=O)N2[C@@H](c3ccccc3)CC[C@@H]2C(F)(F)F)cc1. The Bertz CT molecular complexity index is 833. The molecule has 2 aromatic rings.